The van der Waals surface area contributed by atoms with Gasteiger partial charge in [0.15, 0.2) is 4.34 Å². The van der Waals surface area contributed by atoms with Crippen LogP contribution in [-0.2, 0) is 4.79 Å². The van der Waals surface area contributed by atoms with Crippen LogP contribution in [0.15, 0.2) is 4.34 Å². The first-order valence-electron chi connectivity index (χ1n) is 6.29. The maximum Gasteiger partial charge on any atom is 0.223 e. The average molecular weight is 301 g/mol. The standard InChI is InChI=1S/C11H19N5OS2/c1-15(2)10-13-14-11(19-10)18-8-3-9(17)16-6-4-12-5-7-16/h12H,3-8H2,1-2H3. The van der Waals surface area contributed by atoms with Crippen molar-refractivity contribution in [2.75, 3.05) is 50.9 Å². The quantitative estimate of drug-likeness (QED) is 0.800. The highest BCUT2D eigenvalue weighted by atomic mass is 32.2. The molecule has 2 rings (SSSR count). The zero-order chi connectivity index (χ0) is 13.7. The van der Waals surface area contributed by atoms with Crippen LogP contribution in [0.25, 0.3) is 0 Å². The molecule has 0 aliphatic carbocycles. The molecule has 0 unspecified atom stereocenters. The Balaban J connectivity index is 1.71. The smallest absolute Gasteiger partial charge is 0.223 e. The first kappa shape index (κ1) is 14.5. The SMILES string of the molecule is CN(C)c1nnc(SCCC(=O)N2CCNCC2)s1. The van der Waals surface area contributed by atoms with Gasteiger partial charge in [0.05, 0.1) is 0 Å². The third-order valence-corrected chi connectivity index (χ3v) is 5.02. The van der Waals surface area contributed by atoms with Crippen LogP contribution >= 0.6 is 23.1 Å². The van der Waals surface area contributed by atoms with E-state index in [1.165, 1.54) is 0 Å². The Morgan fingerprint density at radius 3 is 2.79 bits per heavy atom. The third-order valence-electron chi connectivity index (χ3n) is 2.79. The summed E-state index contributed by atoms with van der Waals surface area (Å²) in [4.78, 5) is 15.8. The van der Waals surface area contributed by atoms with Crippen LogP contribution < -0.4 is 10.2 Å². The molecule has 1 N–H and O–H groups in total. The molecular weight excluding hydrogens is 282 g/mol. The van der Waals surface area contributed by atoms with E-state index in [1.54, 1.807) is 23.1 Å². The highest BCUT2D eigenvalue weighted by Crippen LogP contribution is 2.27. The number of carbonyl (C=O) groups is 1. The van der Waals surface area contributed by atoms with Crippen LogP contribution in [0.3, 0.4) is 0 Å². The molecule has 0 radical (unpaired) electrons. The van der Waals surface area contributed by atoms with Gasteiger partial charge in [-0.25, -0.2) is 0 Å². The van der Waals surface area contributed by atoms with E-state index < -0.39 is 0 Å². The minimum absolute atomic E-state index is 0.242. The molecular formula is C11H19N5OS2. The summed E-state index contributed by atoms with van der Waals surface area (Å²) < 4.78 is 0.928. The molecule has 1 aliphatic rings. The lowest BCUT2D eigenvalue weighted by atomic mass is 10.3. The van der Waals surface area contributed by atoms with Crippen LogP contribution in [-0.4, -0.2) is 67.0 Å². The Hall–Kier alpha value is -0.860. The van der Waals surface area contributed by atoms with E-state index in [0.717, 1.165) is 41.4 Å². The Bertz CT molecular complexity index is 417. The second-order valence-corrected chi connectivity index (χ2v) is 6.77. The highest BCUT2D eigenvalue weighted by molar-refractivity contribution is 8.01. The van der Waals surface area contributed by atoms with Crippen molar-refractivity contribution in [3.05, 3.63) is 0 Å². The van der Waals surface area contributed by atoms with Crippen molar-refractivity contribution in [1.82, 2.24) is 20.4 Å². The first-order chi connectivity index (χ1) is 9.16. The van der Waals surface area contributed by atoms with Gasteiger partial charge in [-0.1, -0.05) is 23.1 Å². The van der Waals surface area contributed by atoms with Gasteiger partial charge in [0.1, 0.15) is 0 Å². The maximum atomic E-state index is 11.9. The summed E-state index contributed by atoms with van der Waals surface area (Å²) in [7, 11) is 3.89. The fourth-order valence-electron chi connectivity index (χ4n) is 1.74. The van der Waals surface area contributed by atoms with Crippen LogP contribution in [0.5, 0.6) is 0 Å². The number of amides is 1. The second-order valence-electron chi connectivity index (χ2n) is 4.47. The van der Waals surface area contributed by atoms with Crippen LogP contribution in [0.4, 0.5) is 5.13 Å². The highest BCUT2D eigenvalue weighted by Gasteiger charge is 2.16. The summed E-state index contributed by atoms with van der Waals surface area (Å²) in [5, 5.41) is 12.3. The largest absolute Gasteiger partial charge is 0.353 e. The predicted octanol–water partition coefficient (Wildman–Crippen LogP) is 0.518. The molecule has 6 nitrogen and oxygen atoms in total. The van der Waals surface area contributed by atoms with Gasteiger partial charge in [0, 0.05) is 52.4 Å². The lowest BCUT2D eigenvalue weighted by Crippen LogP contribution is -2.46. The van der Waals surface area contributed by atoms with Gasteiger partial charge in [-0.3, -0.25) is 4.79 Å². The van der Waals surface area contributed by atoms with Gasteiger partial charge in [-0.05, 0) is 0 Å². The molecule has 1 aromatic heterocycles. The second kappa shape index (κ2) is 7.06. The van der Waals surface area contributed by atoms with Crippen molar-refractivity contribution in [2.45, 2.75) is 10.8 Å². The number of aromatic nitrogens is 2. The minimum Gasteiger partial charge on any atom is -0.353 e. The van der Waals surface area contributed by atoms with Gasteiger partial charge in [-0.15, -0.1) is 10.2 Å². The van der Waals surface area contributed by atoms with Crippen LogP contribution in [0, 0.1) is 0 Å². The van der Waals surface area contributed by atoms with E-state index in [0.29, 0.717) is 6.42 Å². The van der Waals surface area contributed by atoms with Crippen molar-refractivity contribution in [2.24, 2.45) is 0 Å². The number of piperazine rings is 1. The Kier molecular flexibility index (Phi) is 5.41. The molecule has 1 fully saturated rings. The number of nitrogens with one attached hydrogen (secondary N) is 1. The van der Waals surface area contributed by atoms with Crippen LogP contribution in [0.2, 0.25) is 0 Å². The summed E-state index contributed by atoms with van der Waals surface area (Å²) in [6.45, 7) is 3.46. The zero-order valence-corrected chi connectivity index (χ0v) is 12.9. The van der Waals surface area contributed by atoms with Gasteiger partial charge in [-0.2, -0.15) is 0 Å². The number of rotatable bonds is 5. The Labute approximate surface area is 121 Å². The van der Waals surface area contributed by atoms with Crippen molar-refractivity contribution < 1.29 is 4.79 Å². The molecule has 1 amide bonds. The van der Waals surface area contributed by atoms with E-state index in [1.807, 2.05) is 23.9 Å². The molecule has 0 spiro atoms. The van der Waals surface area contributed by atoms with E-state index in [2.05, 4.69) is 15.5 Å². The molecule has 1 aliphatic heterocycles. The van der Waals surface area contributed by atoms with Crippen LogP contribution in [0.1, 0.15) is 6.42 Å². The Morgan fingerprint density at radius 2 is 2.16 bits per heavy atom. The number of nitrogens with zero attached hydrogens (tertiary/aromatic N) is 4. The summed E-state index contributed by atoms with van der Waals surface area (Å²) in [5.41, 5.74) is 0. The summed E-state index contributed by atoms with van der Waals surface area (Å²) >= 11 is 3.17. The van der Waals surface area contributed by atoms with Gasteiger partial charge < -0.3 is 15.1 Å². The third kappa shape index (κ3) is 4.32. The van der Waals surface area contributed by atoms with Crippen molar-refractivity contribution in [3.8, 4) is 0 Å². The monoisotopic (exact) mass is 301 g/mol. The molecule has 0 saturated carbocycles. The van der Waals surface area contributed by atoms with Crippen molar-refractivity contribution in [3.63, 3.8) is 0 Å². The van der Waals surface area contributed by atoms with E-state index in [4.69, 9.17) is 0 Å². The lowest BCUT2D eigenvalue weighted by molar-refractivity contribution is -0.131. The molecule has 1 aromatic rings. The number of hydrogen-bond acceptors (Lipinski definition) is 7. The van der Waals surface area contributed by atoms with E-state index >= 15 is 0 Å². The Morgan fingerprint density at radius 1 is 1.42 bits per heavy atom. The summed E-state index contributed by atoms with van der Waals surface area (Å²) in [6, 6.07) is 0. The van der Waals surface area contributed by atoms with E-state index in [9.17, 15) is 4.79 Å². The molecule has 1 saturated heterocycles. The molecule has 0 aromatic carbocycles. The van der Waals surface area contributed by atoms with Crippen molar-refractivity contribution in [1.29, 1.82) is 0 Å². The average Bonchev–Trinajstić information content (AvgIpc) is 2.89. The summed E-state index contributed by atoms with van der Waals surface area (Å²) in [5.74, 6) is 1.01. The maximum absolute atomic E-state index is 11.9. The number of hydrogen-bond donors (Lipinski definition) is 1. The number of anilines is 1. The minimum atomic E-state index is 0.242. The van der Waals surface area contributed by atoms with Gasteiger partial charge >= 0.3 is 0 Å². The molecule has 19 heavy (non-hydrogen) atoms. The first-order valence-corrected chi connectivity index (χ1v) is 8.09. The topological polar surface area (TPSA) is 61.4 Å². The predicted molar refractivity (Wildman–Crippen MR) is 79.0 cm³/mol. The molecule has 2 heterocycles. The van der Waals surface area contributed by atoms with Gasteiger partial charge in [0.2, 0.25) is 11.0 Å². The summed E-state index contributed by atoms with van der Waals surface area (Å²) in [6.07, 6.45) is 0.571. The zero-order valence-electron chi connectivity index (χ0n) is 11.3. The fourth-order valence-corrected chi connectivity index (χ4v) is 3.50. The molecule has 0 atom stereocenters. The molecule has 106 valence electrons. The molecule has 8 heteroatoms. The van der Waals surface area contributed by atoms with E-state index in [-0.39, 0.29) is 5.91 Å². The normalized spacial score (nSPS) is 15.6. The van der Waals surface area contributed by atoms with Gasteiger partial charge in [0.25, 0.3) is 0 Å². The number of thioether (sulfide) groups is 1. The lowest BCUT2D eigenvalue weighted by Gasteiger charge is -2.27. The molecule has 0 bridgehead atoms. The number of carbonyl (C=O) groups excluding carboxylic acids is 1. The fraction of sp³-hybridized carbons (Fsp3) is 0.727. The van der Waals surface area contributed by atoms with Crippen molar-refractivity contribution >= 4 is 34.1 Å².